The van der Waals surface area contributed by atoms with Crippen LogP contribution in [0.5, 0.6) is 5.75 Å². The molecule has 11 heteroatoms. The van der Waals surface area contributed by atoms with Crippen LogP contribution in [-0.4, -0.2) is 26.7 Å². The average molecular weight is 374 g/mol. The summed E-state index contributed by atoms with van der Waals surface area (Å²) in [5.74, 6) is -0.476. The highest BCUT2D eigenvalue weighted by atomic mass is 35.5. The Morgan fingerprint density at radius 3 is 2.27 bits per heavy atom. The van der Waals surface area contributed by atoms with E-state index in [1.54, 1.807) is 0 Å². The molecule has 1 aromatic carbocycles. The summed E-state index contributed by atoms with van der Waals surface area (Å²) in [6, 6.07) is 5.48. The molecule has 0 fully saturated rings. The molecule has 5 nitrogen and oxygen atoms in total. The number of alkyl halides is 4. The van der Waals surface area contributed by atoms with Crippen molar-refractivity contribution in [3.8, 4) is 5.75 Å². The standard InChI is InChI=1S/C11H6Cl3F3N4O/c12-7(15)11(16,17)22-6-4-2-1-3-5(6)18-10-20-8(13)19-9(14)21-10/h1-4,7H,(H,18,19,20,21)/t7-/m0/s1. The molecule has 0 bridgehead atoms. The SMILES string of the molecule is F[C@H](Cl)C(F)(F)Oc1ccccc1Nc1nc(Cl)nc(Cl)n1. The van der Waals surface area contributed by atoms with Gasteiger partial charge in [-0.15, -0.1) is 0 Å². The minimum Gasteiger partial charge on any atom is -0.427 e. The minimum atomic E-state index is -4.21. The Hall–Kier alpha value is -1.51. The Balaban J connectivity index is 2.28. The second kappa shape index (κ2) is 6.72. The van der Waals surface area contributed by atoms with Crippen molar-refractivity contribution in [3.63, 3.8) is 0 Å². The number of rotatable bonds is 5. The van der Waals surface area contributed by atoms with Gasteiger partial charge in [0, 0.05) is 0 Å². The molecule has 0 radical (unpaired) electrons. The van der Waals surface area contributed by atoms with Gasteiger partial charge in [0.1, 0.15) is 5.75 Å². The quantitative estimate of drug-likeness (QED) is 0.786. The average Bonchev–Trinajstić information content (AvgIpc) is 2.39. The van der Waals surface area contributed by atoms with Crippen molar-refractivity contribution in [2.75, 3.05) is 5.32 Å². The Labute approximate surface area is 137 Å². The summed E-state index contributed by atoms with van der Waals surface area (Å²) in [5.41, 5.74) is -2.99. The first kappa shape index (κ1) is 16.9. The van der Waals surface area contributed by atoms with E-state index in [-0.39, 0.29) is 28.0 Å². The summed E-state index contributed by atoms with van der Waals surface area (Å²) in [5, 5.41) is 2.16. The Bertz CT molecular complexity index is 655. The van der Waals surface area contributed by atoms with Crippen molar-refractivity contribution in [3.05, 3.63) is 34.8 Å². The van der Waals surface area contributed by atoms with E-state index in [0.29, 0.717) is 0 Å². The topological polar surface area (TPSA) is 59.9 Å². The van der Waals surface area contributed by atoms with Gasteiger partial charge in [0.25, 0.3) is 5.63 Å². The molecular formula is C11H6Cl3F3N4O. The summed E-state index contributed by atoms with van der Waals surface area (Å²) in [7, 11) is 0. The smallest absolute Gasteiger partial charge is 0.427 e. The zero-order chi connectivity index (χ0) is 16.3. The van der Waals surface area contributed by atoms with Crippen LogP contribution >= 0.6 is 34.8 Å². The zero-order valence-electron chi connectivity index (χ0n) is 10.4. The van der Waals surface area contributed by atoms with Crippen LogP contribution in [0.25, 0.3) is 0 Å². The highest BCUT2D eigenvalue weighted by molar-refractivity contribution is 6.31. The summed E-state index contributed by atoms with van der Waals surface area (Å²) in [6.45, 7) is 0. The van der Waals surface area contributed by atoms with Crippen LogP contribution in [0.1, 0.15) is 0 Å². The summed E-state index contributed by atoms with van der Waals surface area (Å²) in [6.07, 6.45) is -4.21. The molecule has 0 saturated carbocycles. The van der Waals surface area contributed by atoms with E-state index in [9.17, 15) is 13.2 Å². The Kier molecular flexibility index (Phi) is 5.15. The lowest BCUT2D eigenvalue weighted by Crippen LogP contribution is -2.33. The lowest BCUT2D eigenvalue weighted by Gasteiger charge is -2.19. The molecule has 0 saturated heterocycles. The number of nitrogens with one attached hydrogen (secondary N) is 1. The number of nitrogens with zero attached hydrogens (tertiary/aromatic N) is 3. The van der Waals surface area contributed by atoms with Crippen LogP contribution in [0.3, 0.4) is 0 Å². The monoisotopic (exact) mass is 372 g/mol. The van der Waals surface area contributed by atoms with E-state index < -0.39 is 11.7 Å². The number of halogens is 6. The van der Waals surface area contributed by atoms with Crippen LogP contribution in [-0.2, 0) is 0 Å². The molecule has 22 heavy (non-hydrogen) atoms. The predicted molar refractivity (Wildman–Crippen MR) is 75.9 cm³/mol. The van der Waals surface area contributed by atoms with Crippen molar-refractivity contribution < 1.29 is 17.9 Å². The molecule has 0 aliphatic heterocycles. The second-order valence-electron chi connectivity index (χ2n) is 3.78. The molecule has 0 amide bonds. The molecule has 2 aromatic rings. The van der Waals surface area contributed by atoms with E-state index in [0.717, 1.165) is 0 Å². The Morgan fingerprint density at radius 2 is 1.68 bits per heavy atom. The van der Waals surface area contributed by atoms with Crippen molar-refractivity contribution >= 4 is 46.4 Å². The highest BCUT2D eigenvalue weighted by Gasteiger charge is 2.42. The van der Waals surface area contributed by atoms with Gasteiger partial charge in [0.2, 0.25) is 16.5 Å². The first-order chi connectivity index (χ1) is 10.3. The van der Waals surface area contributed by atoms with Crippen molar-refractivity contribution in [1.82, 2.24) is 15.0 Å². The molecule has 2 rings (SSSR count). The molecule has 0 aliphatic rings. The van der Waals surface area contributed by atoms with Crippen LogP contribution in [0.4, 0.5) is 24.8 Å². The lowest BCUT2D eigenvalue weighted by atomic mass is 10.3. The second-order valence-corrected chi connectivity index (χ2v) is 4.84. The number of hydrogen-bond donors (Lipinski definition) is 1. The molecule has 1 heterocycles. The fourth-order valence-corrected chi connectivity index (χ4v) is 1.76. The van der Waals surface area contributed by atoms with Gasteiger partial charge in [-0.1, -0.05) is 23.7 Å². The summed E-state index contributed by atoms with van der Waals surface area (Å²) >= 11 is 15.9. The van der Waals surface area contributed by atoms with Crippen LogP contribution in [0.2, 0.25) is 10.6 Å². The molecule has 0 spiro atoms. The van der Waals surface area contributed by atoms with Gasteiger partial charge in [0.15, 0.2) is 0 Å². The third-order valence-corrected chi connectivity index (χ3v) is 2.81. The van der Waals surface area contributed by atoms with Crippen molar-refractivity contribution in [2.45, 2.75) is 11.7 Å². The number of anilines is 2. The largest absolute Gasteiger partial charge is 0.444 e. The van der Waals surface area contributed by atoms with Crippen LogP contribution in [0, 0.1) is 0 Å². The van der Waals surface area contributed by atoms with Crippen LogP contribution in [0.15, 0.2) is 24.3 Å². The summed E-state index contributed by atoms with van der Waals surface area (Å²) < 4.78 is 43.4. The number of hydrogen-bond acceptors (Lipinski definition) is 5. The fraction of sp³-hybridized carbons (Fsp3) is 0.182. The maximum absolute atomic E-state index is 13.2. The number of para-hydroxylation sites is 2. The van der Waals surface area contributed by atoms with Gasteiger partial charge in [-0.3, -0.25) is 0 Å². The molecule has 0 aliphatic carbocycles. The lowest BCUT2D eigenvalue weighted by molar-refractivity contribution is -0.198. The summed E-state index contributed by atoms with van der Waals surface area (Å²) in [4.78, 5) is 10.9. The fourth-order valence-electron chi connectivity index (χ4n) is 1.35. The molecule has 1 aromatic heterocycles. The predicted octanol–water partition coefficient (Wildman–Crippen LogP) is 4.43. The maximum atomic E-state index is 13.2. The molecule has 1 N–H and O–H groups in total. The maximum Gasteiger partial charge on any atom is 0.444 e. The van der Waals surface area contributed by atoms with E-state index >= 15 is 0 Å². The van der Waals surface area contributed by atoms with Crippen LogP contribution < -0.4 is 10.1 Å². The molecular weight excluding hydrogens is 368 g/mol. The molecule has 1 atom stereocenters. The minimum absolute atomic E-state index is 0.0258. The van der Waals surface area contributed by atoms with Crippen molar-refractivity contribution in [2.24, 2.45) is 0 Å². The number of benzene rings is 1. The molecule has 0 unspecified atom stereocenters. The van der Waals surface area contributed by atoms with Crippen molar-refractivity contribution in [1.29, 1.82) is 0 Å². The highest BCUT2D eigenvalue weighted by Crippen LogP contribution is 2.34. The van der Waals surface area contributed by atoms with Gasteiger partial charge >= 0.3 is 6.11 Å². The first-order valence-electron chi connectivity index (χ1n) is 5.56. The Morgan fingerprint density at radius 1 is 1.09 bits per heavy atom. The zero-order valence-corrected chi connectivity index (χ0v) is 12.7. The van der Waals surface area contributed by atoms with E-state index in [2.05, 4.69) is 25.0 Å². The van der Waals surface area contributed by atoms with E-state index in [1.165, 1.54) is 24.3 Å². The van der Waals surface area contributed by atoms with Gasteiger partial charge < -0.3 is 10.1 Å². The van der Waals surface area contributed by atoms with Gasteiger partial charge in [-0.25, -0.2) is 4.39 Å². The first-order valence-corrected chi connectivity index (χ1v) is 6.75. The van der Waals surface area contributed by atoms with Gasteiger partial charge in [-0.2, -0.15) is 23.7 Å². The molecule has 118 valence electrons. The van der Waals surface area contributed by atoms with E-state index in [1.807, 2.05) is 0 Å². The van der Waals surface area contributed by atoms with E-state index in [4.69, 9.17) is 34.8 Å². The number of aromatic nitrogens is 3. The third-order valence-electron chi connectivity index (χ3n) is 2.21. The normalized spacial score (nSPS) is 12.8. The van der Waals surface area contributed by atoms with Gasteiger partial charge in [-0.05, 0) is 35.3 Å². The number of ether oxygens (including phenoxy) is 1. The third kappa shape index (κ3) is 4.25. The van der Waals surface area contributed by atoms with Gasteiger partial charge in [0.05, 0.1) is 5.69 Å².